The van der Waals surface area contributed by atoms with Gasteiger partial charge in [0.2, 0.25) is 0 Å². The highest BCUT2D eigenvalue weighted by Crippen LogP contribution is 2.07. The van der Waals surface area contributed by atoms with Gasteiger partial charge in [-0.05, 0) is 18.1 Å². The van der Waals surface area contributed by atoms with Gasteiger partial charge in [-0.2, -0.15) is 0 Å². The highest BCUT2D eigenvalue weighted by Gasteiger charge is 2.13. The smallest absolute Gasteiger partial charge is 0.303 e. The lowest BCUT2D eigenvalue weighted by atomic mass is 10.0. The Balaban J connectivity index is 2.49. The van der Waals surface area contributed by atoms with Crippen LogP contribution in [0.5, 0.6) is 0 Å². The monoisotopic (exact) mass is 254 g/mol. The molecule has 0 saturated heterocycles. The fourth-order valence-corrected chi connectivity index (χ4v) is 1.45. The Morgan fingerprint density at radius 1 is 1.50 bits per heavy atom. The third kappa shape index (κ3) is 4.48. The highest BCUT2D eigenvalue weighted by atomic mass is 19.1. The van der Waals surface area contributed by atoms with Crippen LogP contribution < -0.4 is 5.32 Å². The van der Waals surface area contributed by atoms with Crippen molar-refractivity contribution < 1.29 is 19.1 Å². The number of pyridine rings is 1. The summed E-state index contributed by atoms with van der Waals surface area (Å²) in [5.41, 5.74) is 0.113. The second-order valence-corrected chi connectivity index (χ2v) is 3.94. The number of aromatic nitrogens is 1. The standard InChI is InChI=1S/C12H15FN2O3/c1-2-8(5-11(16)17)6-15-12(18)10-4-3-9(13)7-14-10/h3-4,7-8H,2,5-6H2,1H3,(H,15,18)(H,16,17). The number of amides is 1. The molecule has 0 saturated carbocycles. The zero-order valence-electron chi connectivity index (χ0n) is 10.0. The molecule has 6 heteroatoms. The van der Waals surface area contributed by atoms with Crippen LogP contribution >= 0.6 is 0 Å². The van der Waals surface area contributed by atoms with E-state index in [1.54, 1.807) is 0 Å². The van der Waals surface area contributed by atoms with Crippen molar-refractivity contribution in [1.82, 2.24) is 10.3 Å². The van der Waals surface area contributed by atoms with E-state index in [0.717, 1.165) is 12.3 Å². The molecule has 2 N–H and O–H groups in total. The molecule has 1 atom stereocenters. The average molecular weight is 254 g/mol. The van der Waals surface area contributed by atoms with Gasteiger partial charge >= 0.3 is 5.97 Å². The molecule has 18 heavy (non-hydrogen) atoms. The minimum atomic E-state index is -0.893. The zero-order valence-corrected chi connectivity index (χ0v) is 10.0. The molecule has 1 aromatic rings. The molecule has 1 heterocycles. The van der Waals surface area contributed by atoms with Gasteiger partial charge in [-0.25, -0.2) is 9.37 Å². The quantitative estimate of drug-likeness (QED) is 0.805. The van der Waals surface area contributed by atoms with Crippen molar-refractivity contribution >= 4 is 11.9 Å². The third-order valence-corrected chi connectivity index (χ3v) is 2.55. The number of carbonyl (C=O) groups is 2. The molecule has 1 aromatic heterocycles. The zero-order chi connectivity index (χ0) is 13.5. The Kier molecular flexibility index (Phi) is 5.23. The van der Waals surface area contributed by atoms with E-state index in [1.807, 2.05) is 6.92 Å². The van der Waals surface area contributed by atoms with Gasteiger partial charge in [-0.1, -0.05) is 13.3 Å². The number of carbonyl (C=O) groups excluding carboxylic acids is 1. The topological polar surface area (TPSA) is 79.3 Å². The lowest BCUT2D eigenvalue weighted by Gasteiger charge is -2.13. The molecule has 0 aromatic carbocycles. The number of aliphatic carboxylic acids is 1. The molecule has 0 aliphatic rings. The van der Waals surface area contributed by atoms with Crippen LogP contribution in [-0.2, 0) is 4.79 Å². The van der Waals surface area contributed by atoms with Gasteiger partial charge in [0, 0.05) is 13.0 Å². The molecule has 0 aliphatic carbocycles. The first-order valence-corrected chi connectivity index (χ1v) is 5.64. The Hall–Kier alpha value is -1.98. The van der Waals surface area contributed by atoms with Crippen molar-refractivity contribution in [2.45, 2.75) is 19.8 Å². The molecular formula is C12H15FN2O3. The summed E-state index contributed by atoms with van der Waals surface area (Å²) in [7, 11) is 0. The van der Waals surface area contributed by atoms with Crippen LogP contribution in [0, 0.1) is 11.7 Å². The molecule has 0 spiro atoms. The normalized spacial score (nSPS) is 11.9. The van der Waals surface area contributed by atoms with E-state index < -0.39 is 17.7 Å². The van der Waals surface area contributed by atoms with Crippen LogP contribution in [0.3, 0.4) is 0 Å². The first-order valence-electron chi connectivity index (χ1n) is 5.64. The SMILES string of the molecule is CCC(CNC(=O)c1ccc(F)cn1)CC(=O)O. The number of halogens is 1. The molecular weight excluding hydrogens is 239 g/mol. The van der Waals surface area contributed by atoms with Crippen molar-refractivity contribution in [3.8, 4) is 0 Å². The molecule has 5 nitrogen and oxygen atoms in total. The van der Waals surface area contributed by atoms with Crippen molar-refractivity contribution in [1.29, 1.82) is 0 Å². The fraction of sp³-hybridized carbons (Fsp3) is 0.417. The van der Waals surface area contributed by atoms with E-state index in [4.69, 9.17) is 5.11 Å². The minimum Gasteiger partial charge on any atom is -0.481 e. The fourth-order valence-electron chi connectivity index (χ4n) is 1.45. The average Bonchev–Trinajstić information content (AvgIpc) is 2.34. The van der Waals surface area contributed by atoms with Crippen LogP contribution in [0.15, 0.2) is 18.3 Å². The number of nitrogens with one attached hydrogen (secondary N) is 1. The number of rotatable bonds is 6. The first-order chi connectivity index (χ1) is 8.52. The number of hydrogen-bond acceptors (Lipinski definition) is 3. The molecule has 98 valence electrons. The van der Waals surface area contributed by atoms with Gasteiger partial charge in [0.05, 0.1) is 6.20 Å². The van der Waals surface area contributed by atoms with E-state index in [2.05, 4.69) is 10.3 Å². The molecule has 1 rings (SSSR count). The summed E-state index contributed by atoms with van der Waals surface area (Å²) in [6.07, 6.45) is 1.63. The van der Waals surface area contributed by atoms with Crippen LogP contribution in [0.25, 0.3) is 0 Å². The number of nitrogens with zero attached hydrogens (tertiary/aromatic N) is 1. The molecule has 1 amide bonds. The largest absolute Gasteiger partial charge is 0.481 e. The summed E-state index contributed by atoms with van der Waals surface area (Å²) in [5, 5.41) is 11.2. The molecule has 0 bridgehead atoms. The van der Waals surface area contributed by atoms with Gasteiger partial charge in [0.15, 0.2) is 0 Å². The van der Waals surface area contributed by atoms with Gasteiger partial charge in [0.1, 0.15) is 11.5 Å². The Morgan fingerprint density at radius 3 is 2.72 bits per heavy atom. The Morgan fingerprint density at radius 2 is 2.22 bits per heavy atom. The maximum absolute atomic E-state index is 12.6. The summed E-state index contributed by atoms with van der Waals surface area (Å²) in [6.45, 7) is 2.12. The lowest BCUT2D eigenvalue weighted by Crippen LogP contribution is -2.30. The molecule has 0 radical (unpaired) electrons. The summed E-state index contributed by atoms with van der Waals surface area (Å²) in [4.78, 5) is 25.8. The van der Waals surface area contributed by atoms with Gasteiger partial charge in [-0.15, -0.1) is 0 Å². The van der Waals surface area contributed by atoms with Crippen molar-refractivity contribution in [3.63, 3.8) is 0 Å². The Labute approximate surface area is 104 Å². The summed E-state index contributed by atoms with van der Waals surface area (Å²) in [6, 6.07) is 2.43. The second-order valence-electron chi connectivity index (χ2n) is 3.94. The minimum absolute atomic E-state index is 0.00757. The molecule has 1 unspecified atom stereocenters. The van der Waals surface area contributed by atoms with Crippen LogP contribution in [-0.4, -0.2) is 28.5 Å². The number of hydrogen-bond donors (Lipinski definition) is 2. The van der Waals surface area contributed by atoms with Crippen molar-refractivity contribution in [2.75, 3.05) is 6.54 Å². The number of carboxylic acids is 1. The van der Waals surface area contributed by atoms with E-state index >= 15 is 0 Å². The van der Waals surface area contributed by atoms with Crippen LogP contribution in [0.4, 0.5) is 4.39 Å². The van der Waals surface area contributed by atoms with Crippen molar-refractivity contribution in [2.24, 2.45) is 5.92 Å². The predicted molar refractivity (Wildman–Crippen MR) is 62.6 cm³/mol. The summed E-state index contributed by atoms with van der Waals surface area (Å²) >= 11 is 0. The van der Waals surface area contributed by atoms with E-state index in [0.29, 0.717) is 6.42 Å². The maximum Gasteiger partial charge on any atom is 0.303 e. The van der Waals surface area contributed by atoms with Gasteiger partial charge in [-0.3, -0.25) is 9.59 Å². The molecule has 0 aliphatic heterocycles. The second kappa shape index (κ2) is 6.68. The van der Waals surface area contributed by atoms with Crippen LogP contribution in [0.2, 0.25) is 0 Å². The summed E-state index contributed by atoms with van der Waals surface area (Å²) < 4.78 is 12.6. The lowest BCUT2D eigenvalue weighted by molar-refractivity contribution is -0.138. The first kappa shape index (κ1) is 14.1. The van der Waals surface area contributed by atoms with E-state index in [9.17, 15) is 14.0 Å². The predicted octanol–water partition coefficient (Wildman–Crippen LogP) is 1.45. The number of carboxylic acid groups (broad SMARTS) is 1. The third-order valence-electron chi connectivity index (χ3n) is 2.55. The summed E-state index contributed by atoms with van der Waals surface area (Å²) in [5.74, 6) is -1.95. The highest BCUT2D eigenvalue weighted by molar-refractivity contribution is 5.92. The van der Waals surface area contributed by atoms with Gasteiger partial charge < -0.3 is 10.4 Å². The van der Waals surface area contributed by atoms with Crippen molar-refractivity contribution in [3.05, 3.63) is 29.8 Å². The Bertz CT molecular complexity index is 420. The van der Waals surface area contributed by atoms with E-state index in [-0.39, 0.29) is 24.6 Å². The molecule has 0 fully saturated rings. The van der Waals surface area contributed by atoms with Crippen LogP contribution in [0.1, 0.15) is 30.3 Å². The maximum atomic E-state index is 12.6. The van der Waals surface area contributed by atoms with Gasteiger partial charge in [0.25, 0.3) is 5.91 Å². The van der Waals surface area contributed by atoms with E-state index in [1.165, 1.54) is 6.07 Å².